The molecule has 0 aliphatic heterocycles. The Bertz CT molecular complexity index is 1710. The van der Waals surface area contributed by atoms with E-state index in [1.165, 1.54) is 19.1 Å². The van der Waals surface area contributed by atoms with Crippen LogP contribution in [0.3, 0.4) is 0 Å². The second kappa shape index (κ2) is 14.5. The molecular weight excluding hydrogens is 593 g/mol. The summed E-state index contributed by atoms with van der Waals surface area (Å²) in [5.41, 5.74) is 1.97. The Labute approximate surface area is 265 Å². The van der Waals surface area contributed by atoms with Gasteiger partial charge >= 0.3 is 11.9 Å². The minimum absolute atomic E-state index is 0.225. The molecule has 0 aromatic heterocycles. The highest BCUT2D eigenvalue weighted by molar-refractivity contribution is 6.09. The summed E-state index contributed by atoms with van der Waals surface area (Å²) in [5.74, 6) is -2.72. The first-order chi connectivity index (χ1) is 21.8. The maximum Gasteiger partial charge on any atom is 0.344 e. The van der Waals surface area contributed by atoms with Crippen LogP contribution in [0.15, 0.2) is 91.0 Å². The first-order valence-electron chi connectivity index (χ1n) is 14.4. The van der Waals surface area contributed by atoms with Gasteiger partial charge in [0.2, 0.25) is 0 Å². The van der Waals surface area contributed by atoms with Gasteiger partial charge in [-0.25, -0.2) is 9.18 Å². The molecule has 9 nitrogen and oxygen atoms in total. The molecule has 10 heteroatoms. The molecule has 238 valence electrons. The molecule has 0 saturated heterocycles. The van der Waals surface area contributed by atoms with Gasteiger partial charge in [0.25, 0.3) is 5.91 Å². The number of hydrogen-bond donors (Lipinski definition) is 2. The molecule has 2 N–H and O–H groups in total. The van der Waals surface area contributed by atoms with E-state index < -0.39 is 35.2 Å². The lowest BCUT2D eigenvalue weighted by Crippen LogP contribution is -2.27. The molecule has 4 aromatic rings. The highest BCUT2D eigenvalue weighted by Crippen LogP contribution is 2.28. The number of amides is 1. The Balaban J connectivity index is 1.26. The average Bonchev–Trinajstić information content (AvgIpc) is 3.02. The summed E-state index contributed by atoms with van der Waals surface area (Å²) >= 11 is 0. The van der Waals surface area contributed by atoms with E-state index in [1.54, 1.807) is 99.6 Å². The summed E-state index contributed by atoms with van der Waals surface area (Å²) in [6, 6.07) is 23.6. The van der Waals surface area contributed by atoms with E-state index in [0.29, 0.717) is 45.0 Å². The van der Waals surface area contributed by atoms with Crippen LogP contribution in [0.5, 0.6) is 11.5 Å². The first kappa shape index (κ1) is 33.4. The molecule has 1 atom stereocenters. The van der Waals surface area contributed by atoms with Gasteiger partial charge in [0, 0.05) is 22.4 Å². The minimum atomic E-state index is -1.03. The number of nitrogens with one attached hydrogen (secondary N) is 1. The smallest absolute Gasteiger partial charge is 0.344 e. The van der Waals surface area contributed by atoms with Gasteiger partial charge < -0.3 is 24.6 Å². The summed E-state index contributed by atoms with van der Waals surface area (Å²) in [4.78, 5) is 48.4. The summed E-state index contributed by atoms with van der Waals surface area (Å²) in [6.45, 7) is 6.27. The van der Waals surface area contributed by atoms with Crippen LogP contribution in [-0.2, 0) is 19.1 Å². The van der Waals surface area contributed by atoms with E-state index in [4.69, 9.17) is 19.3 Å². The zero-order valence-corrected chi connectivity index (χ0v) is 25.8. The number of rotatable bonds is 12. The first-order valence-corrected chi connectivity index (χ1v) is 14.4. The number of carbonyl (C=O) groups is 4. The number of carboxylic acid groups (broad SMARTS) is 1. The molecule has 46 heavy (non-hydrogen) atoms. The van der Waals surface area contributed by atoms with Gasteiger partial charge in [-0.2, -0.15) is 0 Å². The molecule has 4 rings (SSSR count). The van der Waals surface area contributed by atoms with E-state index in [1.807, 2.05) is 0 Å². The standard InChI is InChI=1S/C36H34FNO8/c1-22(35(42)43)26-11-18-30(31(37)19-26)23-5-12-27(13-6-23)38-32(39)20-44-28-14-7-24(8-15-28)34(41)25-9-16-29(17-10-25)45-21-33(40)46-36(2,3)4/h5-19,22H,20-21H2,1-4H3,(H,38,39)(H,42,43). The number of hydrogen-bond acceptors (Lipinski definition) is 7. The topological polar surface area (TPSA) is 128 Å². The van der Waals surface area contributed by atoms with E-state index in [2.05, 4.69) is 5.32 Å². The fraction of sp³-hybridized carbons (Fsp3) is 0.222. The maximum atomic E-state index is 14.7. The molecule has 0 aliphatic carbocycles. The van der Waals surface area contributed by atoms with Gasteiger partial charge in [0.05, 0.1) is 5.92 Å². The van der Waals surface area contributed by atoms with E-state index in [0.717, 1.165) is 0 Å². The quantitative estimate of drug-likeness (QED) is 0.132. The van der Waals surface area contributed by atoms with Crippen molar-refractivity contribution >= 4 is 29.3 Å². The number of carbonyl (C=O) groups excluding carboxylic acids is 3. The monoisotopic (exact) mass is 627 g/mol. The molecule has 0 spiro atoms. The summed E-state index contributed by atoms with van der Waals surface area (Å²) in [5, 5.41) is 11.9. The molecule has 1 amide bonds. The summed E-state index contributed by atoms with van der Waals surface area (Å²) in [6.07, 6.45) is 0. The zero-order chi connectivity index (χ0) is 33.4. The average molecular weight is 628 g/mol. The van der Waals surface area contributed by atoms with Crippen molar-refractivity contribution in [1.82, 2.24) is 0 Å². The summed E-state index contributed by atoms with van der Waals surface area (Å²) in [7, 11) is 0. The number of anilines is 1. The zero-order valence-electron chi connectivity index (χ0n) is 25.8. The fourth-order valence-corrected chi connectivity index (χ4v) is 4.34. The Hall–Kier alpha value is -5.51. The molecule has 0 aliphatic rings. The van der Waals surface area contributed by atoms with Crippen LogP contribution < -0.4 is 14.8 Å². The van der Waals surface area contributed by atoms with Crippen molar-refractivity contribution in [3.05, 3.63) is 114 Å². The predicted octanol–water partition coefficient (Wildman–Crippen LogP) is 6.65. The van der Waals surface area contributed by atoms with Gasteiger partial charge in [-0.05, 0) is 106 Å². The number of esters is 1. The lowest BCUT2D eigenvalue weighted by atomic mass is 9.97. The molecule has 0 saturated carbocycles. The van der Waals surface area contributed by atoms with E-state index in [9.17, 15) is 23.6 Å². The SMILES string of the molecule is CC(C(=O)O)c1ccc(-c2ccc(NC(=O)COc3ccc(C(=O)c4ccc(OCC(=O)OC(C)(C)C)cc4)cc3)cc2)c(F)c1. The number of ketones is 1. The number of carboxylic acids is 1. The van der Waals surface area contributed by atoms with Crippen LogP contribution in [0.2, 0.25) is 0 Å². The van der Waals surface area contributed by atoms with E-state index in [-0.39, 0.29) is 19.0 Å². The van der Waals surface area contributed by atoms with Crippen LogP contribution in [-0.4, -0.2) is 47.6 Å². The van der Waals surface area contributed by atoms with Gasteiger partial charge in [-0.15, -0.1) is 0 Å². The maximum absolute atomic E-state index is 14.7. The van der Waals surface area contributed by atoms with Crippen molar-refractivity contribution in [2.24, 2.45) is 0 Å². The molecule has 1 unspecified atom stereocenters. The largest absolute Gasteiger partial charge is 0.484 e. The van der Waals surface area contributed by atoms with Crippen molar-refractivity contribution in [2.45, 2.75) is 39.2 Å². The highest BCUT2D eigenvalue weighted by Gasteiger charge is 2.18. The lowest BCUT2D eigenvalue weighted by molar-refractivity contribution is -0.157. The van der Waals surface area contributed by atoms with Gasteiger partial charge in [0.15, 0.2) is 19.0 Å². The summed E-state index contributed by atoms with van der Waals surface area (Å²) < 4.78 is 30.9. The van der Waals surface area contributed by atoms with Crippen LogP contribution >= 0.6 is 0 Å². The predicted molar refractivity (Wildman–Crippen MR) is 170 cm³/mol. The lowest BCUT2D eigenvalue weighted by Gasteiger charge is -2.19. The van der Waals surface area contributed by atoms with Crippen molar-refractivity contribution in [1.29, 1.82) is 0 Å². The van der Waals surface area contributed by atoms with Gasteiger partial charge in [0.1, 0.15) is 22.9 Å². The molecule has 4 aromatic carbocycles. The molecule has 0 radical (unpaired) electrons. The van der Waals surface area contributed by atoms with Crippen molar-refractivity contribution in [2.75, 3.05) is 18.5 Å². The van der Waals surface area contributed by atoms with E-state index >= 15 is 0 Å². The Morgan fingerprint density at radius 2 is 1.33 bits per heavy atom. The van der Waals surface area contributed by atoms with Crippen molar-refractivity contribution < 1.29 is 42.9 Å². The number of halogens is 1. The molecule has 0 heterocycles. The van der Waals surface area contributed by atoms with Crippen LogP contribution in [0.4, 0.5) is 10.1 Å². The van der Waals surface area contributed by atoms with Crippen LogP contribution in [0, 0.1) is 5.82 Å². The Kier molecular flexibility index (Phi) is 10.5. The van der Waals surface area contributed by atoms with Crippen LogP contribution in [0.25, 0.3) is 11.1 Å². The Morgan fingerprint density at radius 1 is 0.783 bits per heavy atom. The van der Waals surface area contributed by atoms with Crippen molar-refractivity contribution in [3.63, 3.8) is 0 Å². The molecule has 0 fully saturated rings. The second-order valence-corrected chi connectivity index (χ2v) is 11.5. The molecular formula is C36H34FNO8. The Morgan fingerprint density at radius 3 is 1.83 bits per heavy atom. The third-order valence-electron chi connectivity index (χ3n) is 6.72. The third-order valence-corrected chi connectivity index (χ3v) is 6.72. The number of ether oxygens (including phenoxy) is 3. The van der Waals surface area contributed by atoms with Gasteiger partial charge in [-0.1, -0.05) is 24.3 Å². The minimum Gasteiger partial charge on any atom is -0.484 e. The molecule has 0 bridgehead atoms. The fourth-order valence-electron chi connectivity index (χ4n) is 4.34. The third kappa shape index (κ3) is 9.25. The number of aliphatic carboxylic acids is 1. The number of benzene rings is 4. The van der Waals surface area contributed by atoms with Crippen molar-refractivity contribution in [3.8, 4) is 22.6 Å². The van der Waals surface area contributed by atoms with Crippen LogP contribution in [0.1, 0.15) is 55.1 Å². The second-order valence-electron chi connectivity index (χ2n) is 11.5. The van der Waals surface area contributed by atoms with Gasteiger partial charge in [-0.3, -0.25) is 14.4 Å². The normalized spacial score (nSPS) is 11.7. The highest BCUT2D eigenvalue weighted by atomic mass is 19.1.